The first-order chi connectivity index (χ1) is 30.1. The Morgan fingerprint density at radius 2 is 1.76 bits per heavy atom. The fourth-order valence-corrected chi connectivity index (χ4v) is 11.3. The molecule has 3 N–H and O–H groups in total. The Morgan fingerprint density at radius 3 is 2.55 bits per heavy atom. The number of anilines is 2. The number of nitrogens with one attached hydrogen (secondary N) is 3. The Kier molecular flexibility index (Phi) is 10.9. The number of aromatic amines is 1. The monoisotopic (exact) mass is 859 g/mol. The van der Waals surface area contributed by atoms with Gasteiger partial charge in [-0.15, -0.1) is 0 Å². The minimum Gasteiger partial charge on any atom is -0.455 e. The number of hydrogen-bond acceptors (Lipinski definition) is 11. The summed E-state index contributed by atoms with van der Waals surface area (Å²) in [7, 11) is -4.53. The number of aromatic nitrogens is 2. The molecule has 2 aliphatic carbocycles. The number of nitro benzene ring substituents is 1. The fourth-order valence-electron chi connectivity index (χ4n) is 10.3. The molecule has 324 valence electrons. The molecular weight excluding hydrogens is 807 g/mol. The highest BCUT2D eigenvalue weighted by Crippen LogP contribution is 2.54. The number of carbonyl (C=O) groups excluding carboxylic acids is 1. The molecule has 5 aliphatic rings. The molecule has 0 bridgehead atoms. The lowest BCUT2D eigenvalue weighted by Gasteiger charge is -2.56. The Balaban J connectivity index is 0.836. The molecule has 1 atom stereocenters. The van der Waals surface area contributed by atoms with Gasteiger partial charge in [0.2, 0.25) is 0 Å². The minimum absolute atomic E-state index is 0.00566. The number of ether oxygens (including phenoxy) is 2. The highest BCUT2D eigenvalue weighted by Gasteiger charge is 2.50. The van der Waals surface area contributed by atoms with E-state index in [-0.39, 0.29) is 22.9 Å². The van der Waals surface area contributed by atoms with Crippen LogP contribution in [0.2, 0.25) is 0 Å². The van der Waals surface area contributed by atoms with Gasteiger partial charge in [-0.25, -0.2) is 18.1 Å². The summed E-state index contributed by atoms with van der Waals surface area (Å²) in [6.45, 7) is 4.64. The number of pyridine rings is 1. The van der Waals surface area contributed by atoms with Gasteiger partial charge >= 0.3 is 0 Å². The maximum atomic E-state index is 13.9. The maximum absolute atomic E-state index is 13.9. The van der Waals surface area contributed by atoms with E-state index >= 15 is 0 Å². The summed E-state index contributed by atoms with van der Waals surface area (Å²) in [5.41, 5.74) is 4.68. The van der Waals surface area contributed by atoms with Crippen molar-refractivity contribution in [1.29, 1.82) is 0 Å². The summed E-state index contributed by atoms with van der Waals surface area (Å²) in [6.07, 6.45) is 14.7. The van der Waals surface area contributed by atoms with Crippen molar-refractivity contribution in [2.75, 3.05) is 49.6 Å². The van der Waals surface area contributed by atoms with Gasteiger partial charge in [-0.05, 0) is 136 Å². The van der Waals surface area contributed by atoms with E-state index in [4.69, 9.17) is 9.47 Å². The minimum atomic E-state index is -4.53. The van der Waals surface area contributed by atoms with E-state index in [1.165, 1.54) is 68.3 Å². The lowest BCUT2D eigenvalue weighted by molar-refractivity contribution is -0.384. The predicted molar refractivity (Wildman–Crippen MR) is 236 cm³/mol. The van der Waals surface area contributed by atoms with Gasteiger partial charge in [0.1, 0.15) is 22.8 Å². The normalized spacial score (nSPS) is 20.9. The Labute approximate surface area is 361 Å². The van der Waals surface area contributed by atoms with E-state index in [9.17, 15) is 23.3 Å². The van der Waals surface area contributed by atoms with E-state index in [2.05, 4.69) is 54.1 Å². The van der Waals surface area contributed by atoms with Gasteiger partial charge in [-0.2, -0.15) is 0 Å². The predicted octanol–water partition coefficient (Wildman–Crippen LogP) is 8.68. The first-order valence-electron chi connectivity index (χ1n) is 22.1. The summed E-state index contributed by atoms with van der Waals surface area (Å²) in [5.74, 6) is 0.662. The van der Waals surface area contributed by atoms with Crippen molar-refractivity contribution >= 4 is 44.0 Å². The molecule has 15 heteroatoms. The Bertz CT molecular complexity index is 2590. The number of nitro groups is 1. The number of carbonyl (C=O) groups is 1. The molecule has 14 nitrogen and oxygen atoms in total. The quantitative estimate of drug-likeness (QED) is 0.0764. The molecule has 0 radical (unpaired) electrons. The summed E-state index contributed by atoms with van der Waals surface area (Å²) < 4.78 is 41.3. The number of benzene rings is 3. The zero-order valence-electron chi connectivity index (χ0n) is 34.8. The first-order valence-corrected chi connectivity index (χ1v) is 23.6. The van der Waals surface area contributed by atoms with Gasteiger partial charge in [-0.1, -0.05) is 24.3 Å². The molecule has 2 aromatic heterocycles. The molecular formula is C47H53N7O7S. The number of sulfonamides is 1. The first kappa shape index (κ1) is 40.6. The smallest absolute Gasteiger partial charge is 0.293 e. The molecule has 1 amide bonds. The third kappa shape index (κ3) is 8.37. The third-order valence-electron chi connectivity index (χ3n) is 14.1. The van der Waals surface area contributed by atoms with Crippen LogP contribution in [-0.4, -0.2) is 79.6 Å². The number of fused-ring (bicyclic) bond motifs is 1. The van der Waals surface area contributed by atoms with Crippen molar-refractivity contribution in [2.45, 2.75) is 87.1 Å². The molecule has 5 heterocycles. The molecule has 3 aromatic carbocycles. The van der Waals surface area contributed by atoms with Crippen molar-refractivity contribution in [3.8, 4) is 11.5 Å². The zero-order valence-corrected chi connectivity index (χ0v) is 35.6. The maximum Gasteiger partial charge on any atom is 0.293 e. The molecule has 3 saturated heterocycles. The van der Waals surface area contributed by atoms with Crippen molar-refractivity contribution < 1.29 is 27.6 Å². The summed E-state index contributed by atoms with van der Waals surface area (Å²) in [4.78, 5) is 37.6. The van der Waals surface area contributed by atoms with Crippen LogP contribution in [0.3, 0.4) is 0 Å². The summed E-state index contributed by atoms with van der Waals surface area (Å²) >= 11 is 0. The van der Waals surface area contributed by atoms with Gasteiger partial charge in [0.25, 0.3) is 21.6 Å². The third-order valence-corrected chi connectivity index (χ3v) is 15.4. The van der Waals surface area contributed by atoms with Crippen LogP contribution in [0.25, 0.3) is 11.0 Å². The molecule has 1 unspecified atom stereocenters. The second kappa shape index (κ2) is 16.6. The van der Waals surface area contributed by atoms with Crippen LogP contribution >= 0.6 is 0 Å². The van der Waals surface area contributed by atoms with Crippen LogP contribution in [0.15, 0.2) is 90.1 Å². The van der Waals surface area contributed by atoms with Crippen LogP contribution in [0, 0.1) is 21.4 Å². The summed E-state index contributed by atoms with van der Waals surface area (Å²) in [5, 5.41) is 16.0. The highest BCUT2D eigenvalue weighted by atomic mass is 32.2. The number of likely N-dealkylation sites (tertiary alicyclic amines) is 1. The molecule has 3 aliphatic heterocycles. The lowest BCUT2D eigenvalue weighted by Crippen LogP contribution is -2.54. The second-order valence-electron chi connectivity index (χ2n) is 18.1. The van der Waals surface area contributed by atoms with Crippen molar-refractivity contribution in [1.82, 2.24) is 19.6 Å². The van der Waals surface area contributed by atoms with Crippen molar-refractivity contribution in [3.05, 3.63) is 112 Å². The van der Waals surface area contributed by atoms with Crippen LogP contribution < -0.4 is 19.7 Å². The van der Waals surface area contributed by atoms with E-state index in [1.54, 1.807) is 30.6 Å². The van der Waals surface area contributed by atoms with Crippen LogP contribution in [0.5, 0.6) is 11.5 Å². The molecule has 10 rings (SSSR count). The Hall–Kier alpha value is -5.51. The average Bonchev–Trinajstić information content (AvgIpc) is 3.83. The van der Waals surface area contributed by atoms with Crippen molar-refractivity contribution in [3.63, 3.8) is 0 Å². The number of amides is 1. The number of H-pyrrole nitrogens is 1. The van der Waals surface area contributed by atoms with Gasteiger partial charge in [-0.3, -0.25) is 19.8 Å². The molecule has 62 heavy (non-hydrogen) atoms. The summed E-state index contributed by atoms with van der Waals surface area (Å²) in [6, 6.07) is 23.0. The van der Waals surface area contributed by atoms with Gasteiger partial charge in [0.05, 0.1) is 21.6 Å². The molecule has 2 saturated carbocycles. The van der Waals surface area contributed by atoms with Crippen molar-refractivity contribution in [2.24, 2.45) is 11.3 Å². The largest absolute Gasteiger partial charge is 0.455 e. The number of nitrogens with zero attached hydrogens (tertiary/aromatic N) is 4. The SMILES string of the molecule is O=C(NS(=O)(=O)c1ccc(NCC2CCOCC2)c([N+](=O)[O-])c1)c1ccc(N2CCC3(CC2)CC(N2CCCC2c2cccc(C4CC4)c2)C3)cc1Oc1cnc2[nH]ccc2c1. The fraction of sp³-hybridized carbons (Fsp3) is 0.447. The topological polar surface area (TPSA) is 172 Å². The standard InChI is InChI=1S/C47H53N7O7S/c55-46(51-62(58,59)39-9-11-41(43(26-39)54(56)57)49-29-31-13-21-60-22-14-31)40-10-8-36(25-44(40)61-38-24-35-12-17-48-45(35)50-30-38)52-19-15-47(16-20-52)27-37(28-47)53-18-2-5-42(53)34-4-1-3-33(23-34)32-6-7-32/h1,3-4,8-12,17,23-26,30-32,37,42,49H,2,5-7,13-16,18-22,27-29H2,(H,48,50)(H,51,55). The van der Waals surface area contributed by atoms with Crippen LogP contribution in [0.4, 0.5) is 17.1 Å². The highest BCUT2D eigenvalue weighted by molar-refractivity contribution is 7.90. The van der Waals surface area contributed by atoms with Crippen LogP contribution in [-0.2, 0) is 14.8 Å². The molecule has 5 fully saturated rings. The van der Waals surface area contributed by atoms with Gasteiger partial charge < -0.3 is 24.7 Å². The molecule has 5 aromatic rings. The average molecular weight is 860 g/mol. The van der Waals surface area contributed by atoms with Gasteiger partial charge in [0.15, 0.2) is 0 Å². The second-order valence-corrected chi connectivity index (χ2v) is 19.7. The lowest BCUT2D eigenvalue weighted by atomic mass is 9.60. The van der Waals surface area contributed by atoms with E-state index in [1.807, 2.05) is 12.1 Å². The van der Waals surface area contributed by atoms with E-state index < -0.39 is 31.4 Å². The number of rotatable bonds is 13. The van der Waals surface area contributed by atoms with Gasteiger partial charge in [0, 0.05) is 74.3 Å². The zero-order chi connectivity index (χ0) is 42.4. The van der Waals surface area contributed by atoms with E-state index in [0.717, 1.165) is 61.8 Å². The number of hydrogen-bond donors (Lipinski definition) is 3. The Morgan fingerprint density at radius 1 is 0.952 bits per heavy atom. The van der Waals surface area contributed by atoms with E-state index in [0.29, 0.717) is 48.7 Å². The number of piperidine rings is 1. The molecule has 1 spiro atoms. The van der Waals surface area contributed by atoms with Crippen LogP contribution in [0.1, 0.15) is 97.7 Å².